The zero-order chi connectivity index (χ0) is 32.1. The Morgan fingerprint density at radius 1 is 1.18 bits per heavy atom. The molecular weight excluding hydrogens is 609 g/mol. The molecule has 0 radical (unpaired) electrons. The van der Waals surface area contributed by atoms with Crippen molar-refractivity contribution in [1.82, 2.24) is 40.9 Å². The number of carbonyl (C=O) groups excluding carboxylic acids is 3. The van der Waals surface area contributed by atoms with Crippen LogP contribution in [0.15, 0.2) is 23.1 Å². The number of primary amides is 1. The van der Waals surface area contributed by atoms with Gasteiger partial charge in [-0.3, -0.25) is 9.59 Å². The van der Waals surface area contributed by atoms with Crippen LogP contribution in [0.1, 0.15) is 84.3 Å². The number of urea groups is 1. The van der Waals surface area contributed by atoms with Crippen molar-refractivity contribution in [2.45, 2.75) is 81.5 Å². The maximum absolute atomic E-state index is 14.0. The van der Waals surface area contributed by atoms with Crippen LogP contribution in [0, 0.1) is 11.3 Å². The summed E-state index contributed by atoms with van der Waals surface area (Å²) in [4.78, 5) is 42.2. The molecule has 3 aromatic heterocycles. The van der Waals surface area contributed by atoms with Gasteiger partial charge in [-0.05, 0) is 61.2 Å². The molecule has 3 aromatic rings. The van der Waals surface area contributed by atoms with Gasteiger partial charge in [0, 0.05) is 25.3 Å². The first-order valence-electron chi connectivity index (χ1n) is 14.5. The van der Waals surface area contributed by atoms with Crippen LogP contribution in [0.3, 0.4) is 0 Å². The van der Waals surface area contributed by atoms with Crippen LogP contribution < -0.4 is 21.7 Å². The Morgan fingerprint density at radius 2 is 1.91 bits per heavy atom. The number of alkyl halides is 5. The molecule has 0 bridgehead atoms. The van der Waals surface area contributed by atoms with Crippen molar-refractivity contribution in [1.29, 1.82) is 0 Å². The van der Waals surface area contributed by atoms with Crippen LogP contribution in [0.5, 0.6) is 0 Å². The first-order chi connectivity index (χ1) is 21.2. The highest BCUT2D eigenvalue weighted by Crippen LogP contribution is 2.43. The number of nitrogens with one attached hydrogen (secondary N) is 3. The molecule has 18 heteroatoms. The standard InChI is InChI=1S/C27H30F5N9O4/c28-26(29)5-3-15(4-6-26)19(38-22(42)21-20(14-1-2-14)39-45-40-21)16-11-41-18(36-16)7-13(10-35-41)8-25(12-34-24(33)44)9-17(27(30,31)32)37-23(25)43/h7,10-11,14-15,17,19H,1-6,8-9,12H2,(H,37,43)(H,38,42)(H3,33,34,44)/t17-,19-,25-/m0/s1. The summed E-state index contributed by atoms with van der Waals surface area (Å²) in [7, 11) is 0. The van der Waals surface area contributed by atoms with E-state index >= 15 is 0 Å². The number of halogens is 5. The van der Waals surface area contributed by atoms with E-state index in [1.807, 2.05) is 5.32 Å². The van der Waals surface area contributed by atoms with Gasteiger partial charge in [0.2, 0.25) is 11.8 Å². The monoisotopic (exact) mass is 639 g/mol. The average molecular weight is 640 g/mol. The van der Waals surface area contributed by atoms with Crippen molar-refractivity contribution in [3.63, 3.8) is 0 Å². The number of nitrogens with two attached hydrogens (primary N) is 1. The first kappa shape index (κ1) is 30.6. The zero-order valence-electron chi connectivity index (χ0n) is 23.7. The van der Waals surface area contributed by atoms with Crippen LogP contribution in [0.4, 0.5) is 26.7 Å². The number of hydrogen-bond donors (Lipinski definition) is 4. The van der Waals surface area contributed by atoms with Gasteiger partial charge in [0.25, 0.3) is 5.91 Å². The minimum Gasteiger partial charge on any atom is -0.352 e. The zero-order valence-corrected chi connectivity index (χ0v) is 23.7. The van der Waals surface area contributed by atoms with Gasteiger partial charge < -0.3 is 21.7 Å². The van der Waals surface area contributed by atoms with Crippen molar-refractivity contribution in [3.8, 4) is 0 Å². The van der Waals surface area contributed by atoms with E-state index in [0.29, 0.717) is 17.0 Å². The summed E-state index contributed by atoms with van der Waals surface area (Å²) in [5.74, 6) is -4.62. The summed E-state index contributed by atoms with van der Waals surface area (Å²) in [6.07, 6.45) is -1.48. The Kier molecular flexibility index (Phi) is 7.63. The molecule has 45 heavy (non-hydrogen) atoms. The summed E-state index contributed by atoms with van der Waals surface area (Å²) in [6, 6.07) is -2.38. The fourth-order valence-electron chi connectivity index (χ4n) is 6.25. The number of aromatic nitrogens is 5. The maximum atomic E-state index is 14.0. The van der Waals surface area contributed by atoms with Gasteiger partial charge in [0.1, 0.15) is 11.7 Å². The molecule has 3 aliphatic rings. The third-order valence-electron chi connectivity index (χ3n) is 8.85. The SMILES string of the molecule is NC(=O)NC[C@]1(Cc2cnn3cc([C@@H](NC(=O)c4nonc4C4CC4)C4CCC(F)(F)CC4)nc3c2)C[C@@H](C(F)(F)F)NC1=O. The molecule has 13 nitrogen and oxygen atoms in total. The number of nitrogens with zero attached hydrogens (tertiary/aromatic N) is 5. The molecule has 3 fully saturated rings. The quantitative estimate of drug-likeness (QED) is 0.258. The Bertz CT molecular complexity index is 1610. The van der Waals surface area contributed by atoms with Crippen molar-refractivity contribution >= 4 is 23.5 Å². The van der Waals surface area contributed by atoms with E-state index in [4.69, 9.17) is 10.4 Å². The smallest absolute Gasteiger partial charge is 0.352 e. The second kappa shape index (κ2) is 11.2. The number of fused-ring (bicyclic) bond motifs is 1. The molecule has 6 rings (SSSR count). The highest BCUT2D eigenvalue weighted by molar-refractivity contribution is 5.93. The van der Waals surface area contributed by atoms with Gasteiger partial charge in [-0.1, -0.05) is 5.16 Å². The summed E-state index contributed by atoms with van der Waals surface area (Å²) in [5, 5.41) is 19.0. The summed E-state index contributed by atoms with van der Waals surface area (Å²) >= 11 is 0. The average Bonchev–Trinajstić information content (AvgIpc) is 3.38. The van der Waals surface area contributed by atoms with E-state index in [9.17, 15) is 36.3 Å². The van der Waals surface area contributed by atoms with E-state index < -0.39 is 66.3 Å². The summed E-state index contributed by atoms with van der Waals surface area (Å²) in [6.45, 7) is -0.439. The Labute approximate surface area is 251 Å². The largest absolute Gasteiger partial charge is 0.408 e. The van der Waals surface area contributed by atoms with Crippen molar-refractivity contribution in [2.24, 2.45) is 17.1 Å². The molecule has 1 aliphatic heterocycles. The molecule has 0 unspecified atom stereocenters. The van der Waals surface area contributed by atoms with Crippen LogP contribution in [-0.2, 0) is 11.2 Å². The van der Waals surface area contributed by atoms with Gasteiger partial charge in [-0.25, -0.2) is 27.7 Å². The predicted molar refractivity (Wildman–Crippen MR) is 143 cm³/mol. The van der Waals surface area contributed by atoms with Crippen LogP contribution in [0.2, 0.25) is 0 Å². The highest BCUT2D eigenvalue weighted by atomic mass is 19.4. The topological polar surface area (TPSA) is 182 Å². The van der Waals surface area contributed by atoms with Gasteiger partial charge in [-0.15, -0.1) is 0 Å². The van der Waals surface area contributed by atoms with Gasteiger partial charge in [-0.2, -0.15) is 18.3 Å². The van der Waals surface area contributed by atoms with E-state index in [-0.39, 0.29) is 49.4 Å². The molecule has 3 atom stereocenters. The molecule has 2 saturated carbocycles. The number of imidazole rings is 1. The minimum absolute atomic E-state index is 0.0229. The summed E-state index contributed by atoms with van der Waals surface area (Å²) < 4.78 is 74.8. The van der Waals surface area contributed by atoms with E-state index in [0.717, 1.165) is 12.8 Å². The van der Waals surface area contributed by atoms with Gasteiger partial charge in [0.05, 0.1) is 29.5 Å². The maximum Gasteiger partial charge on any atom is 0.408 e. The number of amides is 4. The highest BCUT2D eigenvalue weighted by Gasteiger charge is 2.55. The number of hydrogen-bond acceptors (Lipinski definition) is 8. The fourth-order valence-corrected chi connectivity index (χ4v) is 6.25. The van der Waals surface area contributed by atoms with E-state index in [1.54, 1.807) is 0 Å². The molecule has 0 spiro atoms. The van der Waals surface area contributed by atoms with Crippen molar-refractivity contribution in [2.75, 3.05) is 6.54 Å². The normalized spacial score (nSPS) is 24.4. The molecular formula is C27H30F5N9O4. The Hall–Kier alpha value is -4.38. The van der Waals surface area contributed by atoms with Gasteiger partial charge >= 0.3 is 12.2 Å². The number of carbonyl (C=O) groups is 3. The molecule has 2 aliphatic carbocycles. The minimum atomic E-state index is -4.70. The summed E-state index contributed by atoms with van der Waals surface area (Å²) in [5.41, 5.74) is 4.86. The second-order valence-corrected chi connectivity index (χ2v) is 12.2. The lowest BCUT2D eigenvalue weighted by Gasteiger charge is -2.33. The Morgan fingerprint density at radius 3 is 2.56 bits per heavy atom. The predicted octanol–water partition coefficient (Wildman–Crippen LogP) is 2.93. The Balaban J connectivity index is 1.28. The van der Waals surface area contributed by atoms with Crippen LogP contribution >= 0.6 is 0 Å². The molecule has 0 aromatic carbocycles. The molecule has 5 N–H and O–H groups in total. The molecule has 1 saturated heterocycles. The lowest BCUT2D eigenvalue weighted by atomic mass is 9.79. The lowest BCUT2D eigenvalue weighted by molar-refractivity contribution is -0.155. The lowest BCUT2D eigenvalue weighted by Crippen LogP contribution is -2.45. The van der Waals surface area contributed by atoms with Crippen LogP contribution in [-0.4, -0.2) is 67.4 Å². The third kappa shape index (κ3) is 6.40. The second-order valence-electron chi connectivity index (χ2n) is 12.2. The molecule has 4 amide bonds. The first-order valence-corrected chi connectivity index (χ1v) is 14.5. The van der Waals surface area contributed by atoms with Crippen molar-refractivity contribution < 1.29 is 41.0 Å². The van der Waals surface area contributed by atoms with E-state index in [1.165, 1.54) is 23.0 Å². The molecule has 242 valence electrons. The van der Waals surface area contributed by atoms with Crippen LogP contribution in [0.25, 0.3) is 5.65 Å². The van der Waals surface area contributed by atoms with E-state index in [2.05, 4.69) is 31.0 Å². The fraction of sp³-hybridized carbons (Fsp3) is 0.593. The van der Waals surface area contributed by atoms with Crippen molar-refractivity contribution in [3.05, 3.63) is 41.1 Å². The molecule has 4 heterocycles. The number of rotatable bonds is 9. The van der Waals surface area contributed by atoms with Gasteiger partial charge in [0.15, 0.2) is 11.3 Å². The third-order valence-corrected chi connectivity index (χ3v) is 8.85.